The molecule has 2 aromatic carbocycles. The number of ether oxygens (including phenoxy) is 1. The molecule has 0 bridgehead atoms. The summed E-state index contributed by atoms with van der Waals surface area (Å²) in [5, 5.41) is 10.2. The number of benzene rings is 2. The Bertz CT molecular complexity index is 1200. The van der Waals surface area contributed by atoms with Crippen LogP contribution >= 0.6 is 0 Å². The van der Waals surface area contributed by atoms with Crippen molar-refractivity contribution in [3.05, 3.63) is 79.1 Å². The SMILES string of the molecule is c1ccc2c(OCc3nccn3-c3ccnc4cnnn34)cccc2c1. The smallest absolute Gasteiger partial charge is 0.177 e. The predicted molar refractivity (Wildman–Crippen MR) is 96.2 cm³/mol. The number of imidazole rings is 1. The van der Waals surface area contributed by atoms with E-state index < -0.39 is 0 Å². The summed E-state index contributed by atoms with van der Waals surface area (Å²) in [7, 11) is 0. The van der Waals surface area contributed by atoms with Gasteiger partial charge in [0.15, 0.2) is 11.5 Å². The van der Waals surface area contributed by atoms with Gasteiger partial charge in [-0.2, -0.15) is 4.52 Å². The Morgan fingerprint density at radius 2 is 1.85 bits per heavy atom. The van der Waals surface area contributed by atoms with Crippen LogP contribution in [0.15, 0.2) is 73.3 Å². The van der Waals surface area contributed by atoms with E-state index >= 15 is 0 Å². The van der Waals surface area contributed by atoms with Gasteiger partial charge in [-0.05, 0) is 17.5 Å². The minimum Gasteiger partial charge on any atom is -0.485 e. The van der Waals surface area contributed by atoms with Gasteiger partial charge in [0, 0.05) is 24.0 Å². The minimum absolute atomic E-state index is 0.333. The first-order chi connectivity index (χ1) is 12.9. The molecular formula is C19H14N6O. The molecule has 3 aromatic heterocycles. The lowest BCUT2D eigenvalue weighted by Gasteiger charge is -2.11. The summed E-state index contributed by atoms with van der Waals surface area (Å²) < 4.78 is 9.67. The van der Waals surface area contributed by atoms with Crippen LogP contribution in [-0.4, -0.2) is 29.4 Å². The first-order valence-corrected chi connectivity index (χ1v) is 8.19. The van der Waals surface area contributed by atoms with E-state index in [1.54, 1.807) is 23.1 Å². The molecule has 0 spiro atoms. The maximum absolute atomic E-state index is 6.08. The standard InChI is InChI=1S/C19H14N6O/c1-2-6-15-14(4-1)5-3-7-16(15)26-13-18-21-10-11-24(18)19-8-9-20-17-12-22-23-25(17)19/h1-12H,13H2. The highest BCUT2D eigenvalue weighted by molar-refractivity contribution is 5.88. The lowest BCUT2D eigenvalue weighted by atomic mass is 10.1. The van der Waals surface area contributed by atoms with Gasteiger partial charge in [0.25, 0.3) is 0 Å². The van der Waals surface area contributed by atoms with E-state index in [0.717, 1.165) is 28.2 Å². The average Bonchev–Trinajstić information content (AvgIpc) is 3.35. The van der Waals surface area contributed by atoms with Crippen molar-refractivity contribution >= 4 is 16.4 Å². The fraction of sp³-hybridized carbons (Fsp3) is 0.0526. The van der Waals surface area contributed by atoms with Gasteiger partial charge in [-0.15, -0.1) is 5.10 Å². The van der Waals surface area contributed by atoms with Crippen LogP contribution in [0.1, 0.15) is 5.82 Å². The summed E-state index contributed by atoms with van der Waals surface area (Å²) in [4.78, 5) is 8.68. The third-order valence-corrected chi connectivity index (χ3v) is 4.25. The van der Waals surface area contributed by atoms with Crippen LogP contribution in [0.4, 0.5) is 0 Å². The second-order valence-corrected chi connectivity index (χ2v) is 5.79. The number of rotatable bonds is 4. The maximum Gasteiger partial charge on any atom is 0.177 e. The molecule has 0 amide bonds. The Balaban J connectivity index is 1.49. The second kappa shape index (κ2) is 5.96. The van der Waals surface area contributed by atoms with E-state index in [2.05, 4.69) is 38.5 Å². The van der Waals surface area contributed by atoms with Crippen LogP contribution in [0.2, 0.25) is 0 Å². The van der Waals surface area contributed by atoms with Gasteiger partial charge < -0.3 is 4.74 Å². The van der Waals surface area contributed by atoms with Crippen molar-refractivity contribution in [1.82, 2.24) is 29.4 Å². The molecule has 0 aliphatic rings. The van der Waals surface area contributed by atoms with Crippen LogP contribution in [0.5, 0.6) is 5.75 Å². The Morgan fingerprint density at radius 1 is 0.923 bits per heavy atom. The third-order valence-electron chi connectivity index (χ3n) is 4.25. The molecule has 5 rings (SSSR count). The number of nitrogens with zero attached hydrogens (tertiary/aromatic N) is 6. The first-order valence-electron chi connectivity index (χ1n) is 8.19. The first kappa shape index (κ1) is 14.6. The lowest BCUT2D eigenvalue weighted by molar-refractivity contribution is 0.297. The normalized spacial score (nSPS) is 11.2. The molecule has 0 radical (unpaired) electrons. The average molecular weight is 342 g/mol. The van der Waals surface area contributed by atoms with E-state index in [1.807, 2.05) is 41.1 Å². The zero-order valence-electron chi connectivity index (χ0n) is 13.7. The van der Waals surface area contributed by atoms with E-state index in [9.17, 15) is 0 Å². The Hall–Kier alpha value is -3.74. The molecule has 0 unspecified atom stereocenters. The summed E-state index contributed by atoms with van der Waals surface area (Å²) in [6.07, 6.45) is 6.96. The molecule has 7 heteroatoms. The predicted octanol–water partition coefficient (Wildman–Crippen LogP) is 3.04. The number of fused-ring (bicyclic) bond motifs is 2. The van der Waals surface area contributed by atoms with Crippen LogP contribution < -0.4 is 4.74 Å². The van der Waals surface area contributed by atoms with Crippen LogP contribution in [-0.2, 0) is 6.61 Å². The molecule has 26 heavy (non-hydrogen) atoms. The highest BCUT2D eigenvalue weighted by Crippen LogP contribution is 2.26. The van der Waals surface area contributed by atoms with Crippen molar-refractivity contribution in [1.29, 1.82) is 0 Å². The maximum atomic E-state index is 6.08. The largest absolute Gasteiger partial charge is 0.485 e. The fourth-order valence-corrected chi connectivity index (χ4v) is 3.03. The molecule has 0 fully saturated rings. The van der Waals surface area contributed by atoms with Gasteiger partial charge in [-0.3, -0.25) is 4.57 Å². The Labute approximate surface area is 148 Å². The summed E-state index contributed by atoms with van der Waals surface area (Å²) in [6.45, 7) is 0.333. The highest BCUT2D eigenvalue weighted by atomic mass is 16.5. The monoisotopic (exact) mass is 342 g/mol. The second-order valence-electron chi connectivity index (χ2n) is 5.79. The Morgan fingerprint density at radius 3 is 2.85 bits per heavy atom. The van der Waals surface area contributed by atoms with E-state index in [0.29, 0.717) is 12.3 Å². The number of hydrogen-bond donors (Lipinski definition) is 0. The lowest BCUT2D eigenvalue weighted by Crippen LogP contribution is -2.09. The molecule has 0 saturated heterocycles. The third kappa shape index (κ3) is 2.37. The van der Waals surface area contributed by atoms with Gasteiger partial charge >= 0.3 is 0 Å². The summed E-state index contributed by atoms with van der Waals surface area (Å²) >= 11 is 0. The van der Waals surface area contributed by atoms with E-state index in [-0.39, 0.29) is 0 Å². The summed E-state index contributed by atoms with van der Waals surface area (Å²) in [5.41, 5.74) is 0.678. The molecule has 0 aliphatic heterocycles. The molecule has 0 atom stereocenters. The van der Waals surface area contributed by atoms with Crippen LogP contribution in [0.25, 0.3) is 22.2 Å². The quantitative estimate of drug-likeness (QED) is 0.502. The van der Waals surface area contributed by atoms with Gasteiger partial charge in [0.1, 0.15) is 18.2 Å². The highest BCUT2D eigenvalue weighted by Gasteiger charge is 2.11. The van der Waals surface area contributed by atoms with Gasteiger partial charge in [0.2, 0.25) is 0 Å². The van der Waals surface area contributed by atoms with Crippen molar-refractivity contribution in [3.63, 3.8) is 0 Å². The molecule has 0 saturated carbocycles. The Kier molecular flexibility index (Phi) is 3.35. The molecular weight excluding hydrogens is 328 g/mol. The fourth-order valence-electron chi connectivity index (χ4n) is 3.03. The van der Waals surface area contributed by atoms with Crippen molar-refractivity contribution in [2.75, 3.05) is 0 Å². The zero-order chi connectivity index (χ0) is 17.3. The number of aromatic nitrogens is 6. The minimum atomic E-state index is 0.333. The van der Waals surface area contributed by atoms with Crippen molar-refractivity contribution in [3.8, 4) is 11.6 Å². The van der Waals surface area contributed by atoms with Crippen molar-refractivity contribution in [2.45, 2.75) is 6.61 Å². The van der Waals surface area contributed by atoms with Crippen molar-refractivity contribution in [2.24, 2.45) is 0 Å². The molecule has 126 valence electrons. The van der Waals surface area contributed by atoms with E-state index in [4.69, 9.17) is 4.74 Å². The van der Waals surface area contributed by atoms with E-state index in [1.165, 1.54) is 0 Å². The van der Waals surface area contributed by atoms with Crippen molar-refractivity contribution < 1.29 is 4.74 Å². The summed E-state index contributed by atoms with van der Waals surface area (Å²) in [5.74, 6) is 2.40. The van der Waals surface area contributed by atoms with Gasteiger partial charge in [-0.25, -0.2) is 9.97 Å². The van der Waals surface area contributed by atoms with Gasteiger partial charge in [0.05, 0.1) is 6.20 Å². The summed E-state index contributed by atoms with van der Waals surface area (Å²) in [6, 6.07) is 16.1. The number of hydrogen-bond acceptors (Lipinski definition) is 5. The van der Waals surface area contributed by atoms with Gasteiger partial charge in [-0.1, -0.05) is 41.6 Å². The molecule has 0 aliphatic carbocycles. The topological polar surface area (TPSA) is 70.1 Å². The molecule has 7 nitrogen and oxygen atoms in total. The van der Waals surface area contributed by atoms with Crippen LogP contribution in [0, 0.1) is 0 Å². The zero-order valence-corrected chi connectivity index (χ0v) is 13.7. The van der Waals surface area contributed by atoms with Crippen LogP contribution in [0.3, 0.4) is 0 Å². The molecule has 3 heterocycles. The molecule has 0 N–H and O–H groups in total. The molecule has 5 aromatic rings.